The number of nitrogens with two attached hydrogens (primary N) is 1. The summed E-state index contributed by atoms with van der Waals surface area (Å²) in [4.78, 5) is 0. The van der Waals surface area contributed by atoms with Gasteiger partial charge in [-0.05, 0) is 42.9 Å². The molecule has 17 heavy (non-hydrogen) atoms. The lowest BCUT2D eigenvalue weighted by atomic mass is 9.83. The Balaban J connectivity index is 3.17. The minimum Gasteiger partial charge on any atom is -0.496 e. The summed E-state index contributed by atoms with van der Waals surface area (Å²) < 4.78 is 5.40. The number of benzene rings is 1. The maximum absolute atomic E-state index is 6.18. The maximum Gasteiger partial charge on any atom is 0.122 e. The second-order valence-corrected chi connectivity index (χ2v) is 5.70. The molecule has 0 aliphatic rings. The van der Waals surface area contributed by atoms with Gasteiger partial charge in [0.15, 0.2) is 0 Å². The average molecular weight is 235 g/mol. The number of hydrogen-bond acceptors (Lipinski definition) is 2. The Kier molecular flexibility index (Phi) is 4.21. The molecule has 1 unspecified atom stereocenters. The van der Waals surface area contributed by atoms with Crippen molar-refractivity contribution < 1.29 is 4.74 Å². The van der Waals surface area contributed by atoms with Crippen LogP contribution in [0.4, 0.5) is 0 Å². The van der Waals surface area contributed by atoms with E-state index in [4.69, 9.17) is 10.5 Å². The van der Waals surface area contributed by atoms with Crippen molar-refractivity contribution in [1.29, 1.82) is 0 Å². The van der Waals surface area contributed by atoms with Crippen molar-refractivity contribution in [3.63, 3.8) is 0 Å². The number of rotatable bonds is 4. The summed E-state index contributed by atoms with van der Waals surface area (Å²) in [5, 5.41) is 0. The predicted octanol–water partition coefficient (Wildman–Crippen LogP) is 3.66. The molecule has 0 aliphatic heterocycles. The molecule has 0 aromatic heterocycles. The van der Waals surface area contributed by atoms with E-state index in [2.05, 4.69) is 46.8 Å². The maximum atomic E-state index is 6.18. The SMILES string of the molecule is COc1ccc(C(C)C(C)(C)N)cc1C(C)C. The minimum absolute atomic E-state index is 0.206. The van der Waals surface area contributed by atoms with Gasteiger partial charge in [-0.1, -0.05) is 32.9 Å². The quantitative estimate of drug-likeness (QED) is 0.864. The zero-order chi connectivity index (χ0) is 13.2. The van der Waals surface area contributed by atoms with E-state index in [1.165, 1.54) is 11.1 Å². The first-order valence-corrected chi connectivity index (χ1v) is 6.24. The number of hydrogen-bond donors (Lipinski definition) is 1. The summed E-state index contributed by atoms with van der Waals surface area (Å²) >= 11 is 0. The Labute approximate surface area is 105 Å². The molecule has 96 valence electrons. The lowest BCUT2D eigenvalue weighted by Gasteiger charge is -2.28. The molecule has 1 aromatic carbocycles. The van der Waals surface area contributed by atoms with Crippen LogP contribution in [0.1, 0.15) is 57.6 Å². The van der Waals surface area contributed by atoms with E-state index in [1.54, 1.807) is 7.11 Å². The van der Waals surface area contributed by atoms with Crippen LogP contribution in [0.15, 0.2) is 18.2 Å². The van der Waals surface area contributed by atoms with Gasteiger partial charge in [-0.3, -0.25) is 0 Å². The van der Waals surface area contributed by atoms with Gasteiger partial charge >= 0.3 is 0 Å². The topological polar surface area (TPSA) is 35.2 Å². The van der Waals surface area contributed by atoms with E-state index in [1.807, 2.05) is 6.07 Å². The molecule has 0 saturated carbocycles. The van der Waals surface area contributed by atoms with Crippen molar-refractivity contribution in [2.24, 2.45) is 5.73 Å². The van der Waals surface area contributed by atoms with E-state index >= 15 is 0 Å². The fourth-order valence-corrected chi connectivity index (χ4v) is 1.90. The fourth-order valence-electron chi connectivity index (χ4n) is 1.90. The second-order valence-electron chi connectivity index (χ2n) is 5.70. The van der Waals surface area contributed by atoms with E-state index in [9.17, 15) is 0 Å². The predicted molar refractivity (Wildman–Crippen MR) is 73.8 cm³/mol. The molecule has 0 heterocycles. The Morgan fingerprint density at radius 2 is 1.76 bits per heavy atom. The van der Waals surface area contributed by atoms with Gasteiger partial charge in [0.05, 0.1) is 7.11 Å². The Morgan fingerprint density at radius 3 is 2.18 bits per heavy atom. The zero-order valence-corrected chi connectivity index (χ0v) is 11.9. The standard InChI is InChI=1S/C15H25NO/c1-10(2)13-9-12(7-8-14(13)17-6)11(3)15(4,5)16/h7-11H,16H2,1-6H3. The van der Waals surface area contributed by atoms with Crippen LogP contribution in [0.25, 0.3) is 0 Å². The molecular weight excluding hydrogens is 210 g/mol. The molecule has 2 heteroatoms. The zero-order valence-electron chi connectivity index (χ0n) is 11.9. The first-order valence-electron chi connectivity index (χ1n) is 6.24. The largest absolute Gasteiger partial charge is 0.496 e. The molecule has 1 aromatic rings. The smallest absolute Gasteiger partial charge is 0.122 e. The first-order chi connectivity index (χ1) is 7.77. The Hall–Kier alpha value is -1.02. The lowest BCUT2D eigenvalue weighted by molar-refractivity contribution is 0.405. The van der Waals surface area contributed by atoms with Crippen LogP contribution in [0.5, 0.6) is 5.75 Å². The third kappa shape index (κ3) is 3.22. The molecule has 0 radical (unpaired) electrons. The van der Waals surface area contributed by atoms with Crippen molar-refractivity contribution in [3.05, 3.63) is 29.3 Å². The molecule has 1 atom stereocenters. The molecule has 1 rings (SSSR count). The molecule has 0 spiro atoms. The molecule has 2 nitrogen and oxygen atoms in total. The average Bonchev–Trinajstić information content (AvgIpc) is 2.25. The van der Waals surface area contributed by atoms with Gasteiger partial charge in [0, 0.05) is 5.54 Å². The van der Waals surface area contributed by atoms with Crippen molar-refractivity contribution in [1.82, 2.24) is 0 Å². The van der Waals surface area contributed by atoms with Crippen LogP contribution in [-0.4, -0.2) is 12.6 Å². The van der Waals surface area contributed by atoms with Crippen LogP contribution in [0.3, 0.4) is 0 Å². The molecular formula is C15H25NO. The molecule has 0 bridgehead atoms. The Morgan fingerprint density at radius 1 is 1.18 bits per heavy atom. The van der Waals surface area contributed by atoms with Gasteiger partial charge in [0.2, 0.25) is 0 Å². The van der Waals surface area contributed by atoms with Crippen molar-refractivity contribution in [3.8, 4) is 5.75 Å². The van der Waals surface area contributed by atoms with E-state index in [-0.39, 0.29) is 5.54 Å². The summed E-state index contributed by atoms with van der Waals surface area (Å²) in [6.07, 6.45) is 0. The Bertz CT molecular complexity index is 377. The normalized spacial score (nSPS) is 13.9. The first kappa shape index (κ1) is 14.0. The summed E-state index contributed by atoms with van der Waals surface area (Å²) in [5.74, 6) is 1.75. The number of ether oxygens (including phenoxy) is 1. The van der Waals surface area contributed by atoms with Gasteiger partial charge in [-0.25, -0.2) is 0 Å². The van der Waals surface area contributed by atoms with E-state index < -0.39 is 0 Å². The third-order valence-electron chi connectivity index (χ3n) is 3.49. The summed E-state index contributed by atoms with van der Waals surface area (Å²) in [7, 11) is 1.72. The van der Waals surface area contributed by atoms with Crippen molar-refractivity contribution in [2.45, 2.75) is 52.0 Å². The van der Waals surface area contributed by atoms with Gasteiger partial charge < -0.3 is 10.5 Å². The second kappa shape index (κ2) is 5.09. The van der Waals surface area contributed by atoms with Crippen LogP contribution in [-0.2, 0) is 0 Å². The molecule has 0 saturated heterocycles. The molecule has 0 amide bonds. The van der Waals surface area contributed by atoms with Crippen LogP contribution < -0.4 is 10.5 Å². The highest BCUT2D eigenvalue weighted by Crippen LogP contribution is 2.32. The van der Waals surface area contributed by atoms with E-state index in [0.717, 1.165) is 5.75 Å². The highest BCUT2D eigenvalue weighted by molar-refractivity contribution is 5.41. The highest BCUT2D eigenvalue weighted by atomic mass is 16.5. The van der Waals surface area contributed by atoms with Crippen LogP contribution in [0.2, 0.25) is 0 Å². The van der Waals surface area contributed by atoms with Crippen LogP contribution in [0, 0.1) is 0 Å². The summed E-state index contributed by atoms with van der Waals surface area (Å²) in [6, 6.07) is 6.39. The number of methoxy groups -OCH3 is 1. The molecule has 0 fully saturated rings. The summed E-state index contributed by atoms with van der Waals surface area (Å²) in [5.41, 5.74) is 8.50. The van der Waals surface area contributed by atoms with Crippen LogP contribution >= 0.6 is 0 Å². The fraction of sp³-hybridized carbons (Fsp3) is 0.600. The summed E-state index contributed by atoms with van der Waals surface area (Å²) in [6.45, 7) is 10.7. The van der Waals surface area contributed by atoms with E-state index in [0.29, 0.717) is 11.8 Å². The minimum atomic E-state index is -0.206. The van der Waals surface area contributed by atoms with Gasteiger partial charge in [0.1, 0.15) is 5.75 Å². The van der Waals surface area contributed by atoms with Gasteiger partial charge in [-0.2, -0.15) is 0 Å². The van der Waals surface area contributed by atoms with Crippen molar-refractivity contribution >= 4 is 0 Å². The van der Waals surface area contributed by atoms with Crippen molar-refractivity contribution in [2.75, 3.05) is 7.11 Å². The lowest BCUT2D eigenvalue weighted by Crippen LogP contribution is -2.37. The van der Waals surface area contributed by atoms with Gasteiger partial charge in [-0.15, -0.1) is 0 Å². The van der Waals surface area contributed by atoms with Gasteiger partial charge in [0.25, 0.3) is 0 Å². The molecule has 0 aliphatic carbocycles. The molecule has 2 N–H and O–H groups in total. The highest BCUT2D eigenvalue weighted by Gasteiger charge is 2.23. The third-order valence-corrected chi connectivity index (χ3v) is 3.49. The monoisotopic (exact) mass is 235 g/mol.